The predicted octanol–water partition coefficient (Wildman–Crippen LogP) is 2.77. The van der Waals surface area contributed by atoms with Gasteiger partial charge in [-0.05, 0) is 11.4 Å². The second kappa shape index (κ2) is 6.82. The molecule has 2 N–H and O–H groups in total. The van der Waals surface area contributed by atoms with E-state index in [0.29, 0.717) is 5.69 Å². The van der Waals surface area contributed by atoms with E-state index in [1.54, 1.807) is 11.3 Å². The third-order valence-electron chi connectivity index (χ3n) is 4.60. The Hall–Kier alpha value is -2.44. The molecule has 6 heteroatoms. The fraction of sp³-hybridized carbons (Fsp3) is 0.263. The van der Waals surface area contributed by atoms with E-state index in [1.807, 2.05) is 30.3 Å². The molecule has 128 valence electrons. The van der Waals surface area contributed by atoms with E-state index < -0.39 is 5.91 Å². The molecule has 0 saturated carbocycles. The highest BCUT2D eigenvalue weighted by Crippen LogP contribution is 2.25. The van der Waals surface area contributed by atoms with E-state index in [9.17, 15) is 4.79 Å². The molecule has 0 spiro atoms. The summed E-state index contributed by atoms with van der Waals surface area (Å²) in [7, 11) is 0. The van der Waals surface area contributed by atoms with Gasteiger partial charge in [-0.15, -0.1) is 11.3 Å². The maximum absolute atomic E-state index is 11.9. The molecule has 0 unspecified atom stereocenters. The molecular weight excluding hydrogens is 332 g/mol. The Morgan fingerprint density at radius 1 is 1.12 bits per heavy atom. The molecule has 0 atom stereocenters. The van der Waals surface area contributed by atoms with E-state index in [4.69, 9.17) is 5.73 Å². The molecular formula is C19H20N4OS. The average molecular weight is 352 g/mol. The maximum atomic E-state index is 11.9. The molecule has 0 saturated heterocycles. The summed E-state index contributed by atoms with van der Waals surface area (Å²) >= 11 is 1.78. The van der Waals surface area contributed by atoms with Gasteiger partial charge in [0.1, 0.15) is 11.5 Å². The Morgan fingerprint density at radius 2 is 1.96 bits per heavy atom. The van der Waals surface area contributed by atoms with Crippen LogP contribution in [0.15, 0.2) is 47.8 Å². The van der Waals surface area contributed by atoms with Gasteiger partial charge < -0.3 is 10.3 Å². The van der Waals surface area contributed by atoms with Crippen molar-refractivity contribution in [2.24, 2.45) is 5.73 Å². The number of hydrogen-bond acceptors (Lipinski definition) is 4. The number of fused-ring (bicyclic) bond motifs is 1. The van der Waals surface area contributed by atoms with E-state index in [2.05, 4.69) is 32.0 Å². The number of benzene rings is 1. The van der Waals surface area contributed by atoms with Crippen LogP contribution in [0.2, 0.25) is 0 Å². The Labute approximate surface area is 150 Å². The summed E-state index contributed by atoms with van der Waals surface area (Å²) in [5, 5.41) is 2.11. The number of amides is 1. The minimum Gasteiger partial charge on any atom is -0.364 e. The topological polar surface area (TPSA) is 64.2 Å². The number of nitrogens with zero attached hydrogens (tertiary/aromatic N) is 3. The van der Waals surface area contributed by atoms with Gasteiger partial charge in [0.15, 0.2) is 0 Å². The number of nitrogens with two attached hydrogens (primary N) is 1. The van der Waals surface area contributed by atoms with E-state index in [0.717, 1.165) is 49.7 Å². The fourth-order valence-electron chi connectivity index (χ4n) is 3.38. The summed E-state index contributed by atoms with van der Waals surface area (Å²) in [4.78, 5) is 20.3. The van der Waals surface area contributed by atoms with Gasteiger partial charge in [0.25, 0.3) is 5.91 Å². The monoisotopic (exact) mass is 352 g/mol. The normalized spacial score (nSPS) is 14.9. The molecule has 25 heavy (non-hydrogen) atoms. The molecule has 3 heterocycles. The van der Waals surface area contributed by atoms with Crippen LogP contribution in [0.25, 0.3) is 11.4 Å². The van der Waals surface area contributed by atoms with Crippen LogP contribution in [0.4, 0.5) is 0 Å². The minimum absolute atomic E-state index is 0.414. The summed E-state index contributed by atoms with van der Waals surface area (Å²) in [5.41, 5.74) is 7.99. The van der Waals surface area contributed by atoms with Crippen LogP contribution in [-0.4, -0.2) is 33.4 Å². The molecule has 0 bridgehead atoms. The van der Waals surface area contributed by atoms with Crippen molar-refractivity contribution in [2.75, 3.05) is 13.1 Å². The van der Waals surface area contributed by atoms with Crippen molar-refractivity contribution < 1.29 is 4.79 Å². The summed E-state index contributed by atoms with van der Waals surface area (Å²) in [6.45, 7) is 3.59. The lowest BCUT2D eigenvalue weighted by molar-refractivity contribution is 0.0995. The van der Waals surface area contributed by atoms with Crippen molar-refractivity contribution in [3.63, 3.8) is 0 Å². The summed E-state index contributed by atoms with van der Waals surface area (Å²) in [6, 6.07) is 14.3. The quantitative estimate of drug-likeness (QED) is 0.785. The van der Waals surface area contributed by atoms with Gasteiger partial charge in [-0.25, -0.2) is 4.98 Å². The standard InChI is InChI=1S/C19H20N4OS/c20-18(24)17-16-8-9-22(13-15-7-4-12-25-15)10-11-23(16)19(21-17)14-5-2-1-3-6-14/h1-7,12H,8-11,13H2,(H2,20,24). The van der Waals surface area contributed by atoms with Crippen molar-refractivity contribution in [2.45, 2.75) is 19.5 Å². The van der Waals surface area contributed by atoms with Gasteiger partial charge in [-0.2, -0.15) is 0 Å². The van der Waals surface area contributed by atoms with E-state index in [1.165, 1.54) is 4.88 Å². The fourth-order valence-corrected chi connectivity index (χ4v) is 4.13. The summed E-state index contributed by atoms with van der Waals surface area (Å²) in [6.07, 6.45) is 0.781. The van der Waals surface area contributed by atoms with Crippen LogP contribution in [-0.2, 0) is 19.5 Å². The van der Waals surface area contributed by atoms with Crippen molar-refractivity contribution in [3.05, 3.63) is 64.1 Å². The van der Waals surface area contributed by atoms with Crippen molar-refractivity contribution in [3.8, 4) is 11.4 Å². The van der Waals surface area contributed by atoms with Crippen LogP contribution in [0.5, 0.6) is 0 Å². The number of imidazole rings is 1. The van der Waals surface area contributed by atoms with Gasteiger partial charge in [-0.1, -0.05) is 36.4 Å². The zero-order chi connectivity index (χ0) is 17.2. The number of primary amides is 1. The Balaban J connectivity index is 1.66. The number of carbonyl (C=O) groups excluding carboxylic acids is 1. The van der Waals surface area contributed by atoms with Crippen LogP contribution in [0.1, 0.15) is 21.1 Å². The summed E-state index contributed by atoms with van der Waals surface area (Å²) < 4.78 is 2.17. The van der Waals surface area contributed by atoms with Crippen LogP contribution in [0, 0.1) is 0 Å². The first-order valence-electron chi connectivity index (χ1n) is 8.42. The zero-order valence-corrected chi connectivity index (χ0v) is 14.7. The van der Waals surface area contributed by atoms with E-state index in [-0.39, 0.29) is 0 Å². The molecule has 4 rings (SSSR count). The second-order valence-electron chi connectivity index (χ2n) is 6.22. The number of aromatic nitrogens is 2. The third-order valence-corrected chi connectivity index (χ3v) is 5.46. The number of carbonyl (C=O) groups is 1. The Kier molecular flexibility index (Phi) is 4.38. The summed E-state index contributed by atoms with van der Waals surface area (Å²) in [5.74, 6) is 0.389. The highest BCUT2D eigenvalue weighted by Gasteiger charge is 2.24. The molecule has 0 aliphatic carbocycles. The van der Waals surface area contributed by atoms with Crippen LogP contribution < -0.4 is 5.73 Å². The predicted molar refractivity (Wildman–Crippen MR) is 99.5 cm³/mol. The first kappa shape index (κ1) is 16.1. The second-order valence-corrected chi connectivity index (χ2v) is 7.25. The molecule has 1 aromatic carbocycles. The molecule has 0 radical (unpaired) electrons. The zero-order valence-electron chi connectivity index (χ0n) is 13.9. The van der Waals surface area contributed by atoms with E-state index >= 15 is 0 Å². The first-order valence-corrected chi connectivity index (χ1v) is 9.29. The Morgan fingerprint density at radius 3 is 2.68 bits per heavy atom. The van der Waals surface area contributed by atoms with Gasteiger partial charge in [0.2, 0.25) is 0 Å². The SMILES string of the molecule is NC(=O)c1nc(-c2ccccc2)n2c1CCN(Cc1cccs1)CC2. The first-order chi connectivity index (χ1) is 12.2. The molecule has 0 fully saturated rings. The molecule has 1 aliphatic heterocycles. The molecule has 3 aromatic rings. The molecule has 1 aliphatic rings. The number of thiophene rings is 1. The lowest BCUT2D eigenvalue weighted by Gasteiger charge is -2.18. The average Bonchev–Trinajstić information content (AvgIpc) is 3.21. The lowest BCUT2D eigenvalue weighted by atomic mass is 10.2. The molecule has 2 aromatic heterocycles. The number of rotatable bonds is 4. The van der Waals surface area contributed by atoms with Gasteiger partial charge >= 0.3 is 0 Å². The smallest absolute Gasteiger partial charge is 0.269 e. The highest BCUT2D eigenvalue weighted by molar-refractivity contribution is 7.09. The van der Waals surface area contributed by atoms with Crippen molar-refractivity contribution >= 4 is 17.2 Å². The van der Waals surface area contributed by atoms with Crippen LogP contribution in [0.3, 0.4) is 0 Å². The Bertz CT molecular complexity index is 870. The molecule has 1 amide bonds. The van der Waals surface area contributed by atoms with Crippen LogP contribution >= 0.6 is 11.3 Å². The maximum Gasteiger partial charge on any atom is 0.269 e. The van der Waals surface area contributed by atoms with Gasteiger partial charge in [-0.3, -0.25) is 9.69 Å². The largest absolute Gasteiger partial charge is 0.364 e. The lowest BCUT2D eigenvalue weighted by Crippen LogP contribution is -2.26. The molecule has 5 nitrogen and oxygen atoms in total. The van der Waals surface area contributed by atoms with Gasteiger partial charge in [0.05, 0.1) is 5.69 Å². The number of hydrogen-bond donors (Lipinski definition) is 1. The third kappa shape index (κ3) is 3.23. The minimum atomic E-state index is -0.447. The van der Waals surface area contributed by atoms with Crippen molar-refractivity contribution in [1.29, 1.82) is 0 Å². The highest BCUT2D eigenvalue weighted by atomic mass is 32.1. The van der Waals surface area contributed by atoms with Gasteiger partial charge in [0, 0.05) is 43.0 Å². The van der Waals surface area contributed by atoms with Crippen molar-refractivity contribution in [1.82, 2.24) is 14.5 Å².